The molecule has 0 amide bonds. The molecule has 0 bridgehead atoms. The smallest absolute Gasteiger partial charge is 0.0637 e. The molecule has 2 nitrogen and oxygen atoms in total. The molecule has 20 heavy (non-hydrogen) atoms. The Balaban J connectivity index is 1.85. The maximum atomic E-state index is 9.60. The molecule has 1 saturated heterocycles. The maximum Gasteiger partial charge on any atom is 0.0637 e. The van der Waals surface area contributed by atoms with E-state index in [-0.39, 0.29) is 6.61 Å². The zero-order chi connectivity index (χ0) is 13.9. The van der Waals surface area contributed by atoms with Gasteiger partial charge in [-0.3, -0.25) is 4.90 Å². The molecular weight excluding hydrogens is 290 g/mol. The summed E-state index contributed by atoms with van der Waals surface area (Å²) in [5.74, 6) is 0. The Bertz CT molecular complexity index is 583. The summed E-state index contributed by atoms with van der Waals surface area (Å²) in [6, 6.07) is 8.60. The number of thiophene rings is 1. The van der Waals surface area contributed by atoms with Gasteiger partial charge in [-0.2, -0.15) is 0 Å². The predicted octanol–water partition coefficient (Wildman–Crippen LogP) is 4.29. The molecule has 1 aromatic carbocycles. The van der Waals surface area contributed by atoms with Crippen molar-refractivity contribution in [1.29, 1.82) is 0 Å². The molecule has 1 unspecified atom stereocenters. The van der Waals surface area contributed by atoms with E-state index in [1.165, 1.54) is 28.8 Å². The first-order chi connectivity index (χ1) is 9.79. The van der Waals surface area contributed by atoms with E-state index >= 15 is 0 Å². The molecule has 1 aliphatic heterocycles. The van der Waals surface area contributed by atoms with Crippen LogP contribution in [0.5, 0.6) is 0 Å². The number of hydrogen-bond acceptors (Lipinski definition) is 3. The number of rotatable bonds is 3. The number of likely N-dealkylation sites (tertiary alicyclic amines) is 1. The number of fused-ring (bicyclic) bond motifs is 1. The van der Waals surface area contributed by atoms with Crippen LogP contribution in [0.3, 0.4) is 0 Å². The van der Waals surface area contributed by atoms with Crippen molar-refractivity contribution in [3.63, 3.8) is 0 Å². The van der Waals surface area contributed by atoms with Crippen molar-refractivity contribution < 1.29 is 5.11 Å². The zero-order valence-electron chi connectivity index (χ0n) is 11.5. The van der Waals surface area contributed by atoms with Gasteiger partial charge >= 0.3 is 0 Å². The lowest BCUT2D eigenvalue weighted by Crippen LogP contribution is -2.36. The Hall–Kier alpha value is -0.610. The normalized spacial score (nSPS) is 21.2. The Morgan fingerprint density at radius 2 is 2.10 bits per heavy atom. The number of aliphatic hydroxyl groups excluding tert-OH is 1. The molecule has 2 aromatic rings. The highest BCUT2D eigenvalue weighted by molar-refractivity contribution is 7.19. The third-order valence-electron chi connectivity index (χ3n) is 4.16. The molecule has 1 aliphatic rings. The van der Waals surface area contributed by atoms with Crippen molar-refractivity contribution in [3.8, 4) is 0 Å². The highest BCUT2D eigenvalue weighted by Gasteiger charge is 2.22. The van der Waals surface area contributed by atoms with Gasteiger partial charge < -0.3 is 5.11 Å². The fraction of sp³-hybridized carbons (Fsp3) is 0.500. The minimum Gasteiger partial charge on any atom is -0.395 e. The van der Waals surface area contributed by atoms with E-state index in [4.69, 9.17) is 11.6 Å². The van der Waals surface area contributed by atoms with Crippen LogP contribution in [0.15, 0.2) is 24.3 Å². The molecular formula is C16H20ClNOS. The predicted molar refractivity (Wildman–Crippen MR) is 86.6 cm³/mol. The van der Waals surface area contributed by atoms with Crippen LogP contribution < -0.4 is 0 Å². The van der Waals surface area contributed by atoms with Crippen LogP contribution in [0.2, 0.25) is 5.02 Å². The summed E-state index contributed by atoms with van der Waals surface area (Å²) in [5.41, 5.74) is 0. The second-order valence-electron chi connectivity index (χ2n) is 5.49. The van der Waals surface area contributed by atoms with E-state index < -0.39 is 0 Å². The average Bonchev–Trinajstić information content (AvgIpc) is 2.65. The van der Waals surface area contributed by atoms with Gasteiger partial charge in [0.05, 0.1) is 11.6 Å². The van der Waals surface area contributed by atoms with Gasteiger partial charge in [0.25, 0.3) is 0 Å². The highest BCUT2D eigenvalue weighted by atomic mass is 35.5. The zero-order valence-corrected chi connectivity index (χ0v) is 13.1. The number of nitrogens with zero attached hydrogens (tertiary/aromatic N) is 1. The summed E-state index contributed by atoms with van der Waals surface area (Å²) < 4.78 is 1.25. The number of benzene rings is 1. The van der Waals surface area contributed by atoms with Crippen LogP contribution >= 0.6 is 22.9 Å². The van der Waals surface area contributed by atoms with Gasteiger partial charge in [0.2, 0.25) is 0 Å². The fourth-order valence-corrected chi connectivity index (χ4v) is 4.52. The number of halogens is 1. The summed E-state index contributed by atoms with van der Waals surface area (Å²) in [4.78, 5) is 3.64. The van der Waals surface area contributed by atoms with Gasteiger partial charge in [0.1, 0.15) is 0 Å². The lowest BCUT2D eigenvalue weighted by molar-refractivity contribution is 0.119. The van der Waals surface area contributed by atoms with Crippen molar-refractivity contribution in [2.24, 2.45) is 0 Å². The quantitative estimate of drug-likeness (QED) is 0.914. The Labute approximate surface area is 129 Å². The van der Waals surface area contributed by atoms with Crippen molar-refractivity contribution in [2.75, 3.05) is 13.2 Å². The van der Waals surface area contributed by atoms with E-state index in [2.05, 4.69) is 23.1 Å². The van der Waals surface area contributed by atoms with Crippen LogP contribution in [-0.4, -0.2) is 29.2 Å². The first-order valence-corrected chi connectivity index (χ1v) is 8.50. The SMILES string of the molecule is OCC1CCCCCN1Cc1sc2ccccc2c1Cl. The van der Waals surface area contributed by atoms with Crippen molar-refractivity contribution in [3.05, 3.63) is 34.2 Å². The van der Waals surface area contributed by atoms with E-state index in [9.17, 15) is 5.11 Å². The van der Waals surface area contributed by atoms with E-state index in [0.717, 1.165) is 29.9 Å². The molecule has 0 saturated carbocycles. The van der Waals surface area contributed by atoms with Crippen LogP contribution in [0, 0.1) is 0 Å². The topological polar surface area (TPSA) is 23.5 Å². The van der Waals surface area contributed by atoms with Crippen LogP contribution in [0.25, 0.3) is 10.1 Å². The molecule has 1 atom stereocenters. The minimum absolute atomic E-state index is 0.252. The minimum atomic E-state index is 0.252. The van der Waals surface area contributed by atoms with Gasteiger partial charge in [-0.15, -0.1) is 11.3 Å². The van der Waals surface area contributed by atoms with Gasteiger partial charge in [0.15, 0.2) is 0 Å². The van der Waals surface area contributed by atoms with Gasteiger partial charge in [0, 0.05) is 27.5 Å². The molecule has 0 radical (unpaired) electrons. The summed E-state index contributed by atoms with van der Waals surface area (Å²) in [5, 5.41) is 11.7. The third kappa shape index (κ3) is 2.86. The third-order valence-corrected chi connectivity index (χ3v) is 5.86. The summed E-state index contributed by atoms with van der Waals surface area (Å²) in [7, 11) is 0. The summed E-state index contributed by atoms with van der Waals surface area (Å²) in [6.45, 7) is 2.18. The lowest BCUT2D eigenvalue weighted by Gasteiger charge is -2.28. The molecule has 1 N–H and O–H groups in total. The van der Waals surface area contributed by atoms with Gasteiger partial charge in [-0.25, -0.2) is 0 Å². The maximum absolute atomic E-state index is 9.60. The fourth-order valence-electron chi connectivity index (χ4n) is 3.00. The number of aliphatic hydroxyl groups is 1. The molecule has 1 aromatic heterocycles. The first kappa shape index (κ1) is 14.3. The van der Waals surface area contributed by atoms with E-state index in [1.54, 1.807) is 11.3 Å². The molecule has 2 heterocycles. The van der Waals surface area contributed by atoms with Crippen LogP contribution in [0.1, 0.15) is 30.6 Å². The summed E-state index contributed by atoms with van der Waals surface area (Å²) in [6.07, 6.45) is 4.81. The molecule has 3 rings (SSSR count). The first-order valence-electron chi connectivity index (χ1n) is 7.30. The second-order valence-corrected chi connectivity index (χ2v) is 7.01. The number of hydrogen-bond donors (Lipinski definition) is 1. The Kier molecular flexibility index (Phi) is 4.61. The van der Waals surface area contributed by atoms with Crippen LogP contribution in [-0.2, 0) is 6.54 Å². The largest absolute Gasteiger partial charge is 0.395 e. The standard InChI is InChI=1S/C16H20ClNOS/c17-16-13-7-3-4-8-14(13)20-15(16)10-18-9-5-1-2-6-12(18)11-19/h3-4,7-8,12,19H,1-2,5-6,9-11H2. The molecule has 4 heteroatoms. The van der Waals surface area contributed by atoms with Crippen molar-refractivity contribution in [1.82, 2.24) is 4.90 Å². The molecule has 1 fully saturated rings. The molecule has 0 spiro atoms. The average molecular weight is 310 g/mol. The Morgan fingerprint density at radius 3 is 2.90 bits per heavy atom. The monoisotopic (exact) mass is 309 g/mol. The van der Waals surface area contributed by atoms with Gasteiger partial charge in [-0.1, -0.05) is 42.6 Å². The summed E-state index contributed by atoms with van der Waals surface area (Å²) >= 11 is 8.31. The Morgan fingerprint density at radius 1 is 1.25 bits per heavy atom. The molecule has 108 valence electrons. The lowest BCUT2D eigenvalue weighted by atomic mass is 10.1. The van der Waals surface area contributed by atoms with E-state index in [1.807, 2.05) is 6.07 Å². The van der Waals surface area contributed by atoms with Gasteiger partial charge in [-0.05, 0) is 25.5 Å². The highest BCUT2D eigenvalue weighted by Crippen LogP contribution is 2.36. The van der Waals surface area contributed by atoms with Crippen molar-refractivity contribution >= 4 is 33.0 Å². The second kappa shape index (κ2) is 6.44. The van der Waals surface area contributed by atoms with Crippen LogP contribution in [0.4, 0.5) is 0 Å². The van der Waals surface area contributed by atoms with Crippen molar-refractivity contribution in [2.45, 2.75) is 38.3 Å². The van der Waals surface area contributed by atoms with E-state index in [0.29, 0.717) is 6.04 Å². The molecule has 0 aliphatic carbocycles.